The first-order valence-electron chi connectivity index (χ1n) is 5.92. The zero-order valence-electron chi connectivity index (χ0n) is 10.1. The number of hydrogen-bond donors (Lipinski definition) is 3. The predicted octanol–water partition coefficient (Wildman–Crippen LogP) is 1.69. The van der Waals surface area contributed by atoms with E-state index in [1.54, 1.807) is 0 Å². The van der Waals surface area contributed by atoms with Crippen LogP contribution in [0.1, 0.15) is 40.5 Å². The van der Waals surface area contributed by atoms with Gasteiger partial charge in [0.25, 0.3) is 5.91 Å². The lowest BCUT2D eigenvalue weighted by atomic mass is 10.1. The van der Waals surface area contributed by atoms with E-state index in [9.17, 15) is 9.59 Å². The minimum absolute atomic E-state index is 0.144. The standard InChI is InChI=1S/C13H16N2O3/c1-7(8-2-3-8)15-11-6-9(13(17)18)4-5-10(11)12(14)16/h4-8,15H,2-3H2,1H3,(H2,14,16)(H,17,18). The number of amides is 1. The molecule has 1 aromatic carbocycles. The number of carboxylic acids is 1. The molecule has 1 unspecified atom stereocenters. The summed E-state index contributed by atoms with van der Waals surface area (Å²) in [5.74, 6) is -0.982. The van der Waals surface area contributed by atoms with E-state index in [1.165, 1.54) is 31.0 Å². The summed E-state index contributed by atoms with van der Waals surface area (Å²) in [6, 6.07) is 4.51. The molecule has 1 saturated carbocycles. The number of nitrogens with one attached hydrogen (secondary N) is 1. The van der Waals surface area contributed by atoms with E-state index in [-0.39, 0.29) is 11.6 Å². The lowest BCUT2D eigenvalue weighted by Crippen LogP contribution is -2.21. The van der Waals surface area contributed by atoms with Crippen molar-refractivity contribution in [3.05, 3.63) is 29.3 Å². The number of nitrogens with two attached hydrogens (primary N) is 1. The molecule has 1 fully saturated rings. The quantitative estimate of drug-likeness (QED) is 0.739. The number of carbonyl (C=O) groups is 2. The number of anilines is 1. The van der Waals surface area contributed by atoms with Crippen molar-refractivity contribution in [2.24, 2.45) is 11.7 Å². The molecule has 5 heteroatoms. The Kier molecular flexibility index (Phi) is 3.23. The van der Waals surface area contributed by atoms with E-state index in [2.05, 4.69) is 5.32 Å². The summed E-state index contributed by atoms with van der Waals surface area (Å²) in [5.41, 5.74) is 6.25. The van der Waals surface area contributed by atoms with Crippen molar-refractivity contribution < 1.29 is 14.7 Å². The topological polar surface area (TPSA) is 92.4 Å². The molecule has 2 rings (SSSR count). The molecule has 0 aliphatic heterocycles. The van der Waals surface area contributed by atoms with Crippen molar-refractivity contribution in [1.29, 1.82) is 0 Å². The van der Waals surface area contributed by atoms with Crippen LogP contribution < -0.4 is 11.1 Å². The predicted molar refractivity (Wildman–Crippen MR) is 67.7 cm³/mol. The van der Waals surface area contributed by atoms with Crippen molar-refractivity contribution >= 4 is 17.6 Å². The van der Waals surface area contributed by atoms with Crippen molar-refractivity contribution in [3.63, 3.8) is 0 Å². The number of rotatable bonds is 5. The summed E-state index contributed by atoms with van der Waals surface area (Å²) in [6.07, 6.45) is 2.33. The Morgan fingerprint density at radius 3 is 2.61 bits per heavy atom. The number of benzene rings is 1. The molecule has 0 saturated heterocycles. The second kappa shape index (κ2) is 4.68. The Labute approximate surface area is 105 Å². The number of aromatic carboxylic acids is 1. The Morgan fingerprint density at radius 2 is 2.11 bits per heavy atom. The maximum absolute atomic E-state index is 11.3. The third-order valence-corrected chi connectivity index (χ3v) is 3.24. The maximum atomic E-state index is 11.3. The van der Waals surface area contributed by atoms with Crippen LogP contribution in [0.5, 0.6) is 0 Å². The van der Waals surface area contributed by atoms with Gasteiger partial charge < -0.3 is 16.2 Å². The van der Waals surface area contributed by atoms with E-state index in [1.807, 2.05) is 6.92 Å². The molecule has 18 heavy (non-hydrogen) atoms. The first kappa shape index (κ1) is 12.4. The van der Waals surface area contributed by atoms with E-state index >= 15 is 0 Å². The van der Waals surface area contributed by atoms with Gasteiger partial charge in [-0.1, -0.05) is 0 Å². The summed E-state index contributed by atoms with van der Waals surface area (Å²) < 4.78 is 0. The van der Waals surface area contributed by atoms with Crippen LogP contribution in [-0.4, -0.2) is 23.0 Å². The molecule has 5 nitrogen and oxygen atoms in total. The second-order valence-corrected chi connectivity index (χ2v) is 4.70. The first-order chi connectivity index (χ1) is 8.49. The van der Waals surface area contributed by atoms with Gasteiger partial charge in [0.15, 0.2) is 0 Å². The van der Waals surface area contributed by atoms with Crippen LogP contribution in [0.3, 0.4) is 0 Å². The number of carbonyl (C=O) groups excluding carboxylic acids is 1. The highest BCUT2D eigenvalue weighted by Crippen LogP contribution is 2.34. The van der Waals surface area contributed by atoms with Crippen LogP contribution in [-0.2, 0) is 0 Å². The van der Waals surface area contributed by atoms with E-state index in [0.717, 1.165) is 0 Å². The van der Waals surface area contributed by atoms with Crippen molar-refractivity contribution in [2.75, 3.05) is 5.32 Å². The fourth-order valence-corrected chi connectivity index (χ4v) is 1.97. The Balaban J connectivity index is 2.30. The van der Waals surface area contributed by atoms with Gasteiger partial charge in [-0.05, 0) is 43.9 Å². The van der Waals surface area contributed by atoms with Gasteiger partial charge in [0, 0.05) is 11.7 Å². The zero-order chi connectivity index (χ0) is 13.3. The maximum Gasteiger partial charge on any atom is 0.335 e. The minimum Gasteiger partial charge on any atom is -0.478 e. The SMILES string of the molecule is CC(Nc1cc(C(=O)O)ccc1C(N)=O)C1CC1. The van der Waals surface area contributed by atoms with Crippen molar-refractivity contribution in [2.45, 2.75) is 25.8 Å². The molecule has 0 aromatic heterocycles. The molecule has 4 N–H and O–H groups in total. The average Bonchev–Trinajstić information content (AvgIpc) is 3.12. The van der Waals surface area contributed by atoms with Crippen LogP contribution in [0.25, 0.3) is 0 Å². The molecule has 1 aliphatic rings. The Bertz CT molecular complexity index is 495. The summed E-state index contributed by atoms with van der Waals surface area (Å²) in [4.78, 5) is 22.2. The molecule has 96 valence electrons. The van der Waals surface area contributed by atoms with Gasteiger partial charge in [0.05, 0.1) is 11.1 Å². The molecule has 1 aliphatic carbocycles. The highest BCUT2D eigenvalue weighted by Gasteiger charge is 2.28. The summed E-state index contributed by atoms with van der Waals surface area (Å²) in [6.45, 7) is 2.02. The summed E-state index contributed by atoms with van der Waals surface area (Å²) >= 11 is 0. The zero-order valence-corrected chi connectivity index (χ0v) is 10.1. The Morgan fingerprint density at radius 1 is 1.44 bits per heavy atom. The average molecular weight is 248 g/mol. The van der Waals surface area contributed by atoms with Gasteiger partial charge >= 0.3 is 5.97 Å². The van der Waals surface area contributed by atoms with Crippen LogP contribution in [0.2, 0.25) is 0 Å². The largest absolute Gasteiger partial charge is 0.478 e. The molecule has 0 bridgehead atoms. The molecule has 0 heterocycles. The van der Waals surface area contributed by atoms with Crippen LogP contribution in [0.4, 0.5) is 5.69 Å². The molecule has 1 amide bonds. The lowest BCUT2D eigenvalue weighted by molar-refractivity contribution is 0.0696. The number of hydrogen-bond acceptors (Lipinski definition) is 3. The second-order valence-electron chi connectivity index (χ2n) is 4.70. The normalized spacial score (nSPS) is 16.1. The number of carboxylic acid groups (broad SMARTS) is 1. The van der Waals surface area contributed by atoms with Gasteiger partial charge in [0.2, 0.25) is 0 Å². The summed E-state index contributed by atoms with van der Waals surface area (Å²) in [5, 5.41) is 12.1. The molecule has 0 spiro atoms. The molecule has 1 aromatic rings. The van der Waals surface area contributed by atoms with Gasteiger partial charge in [-0.25, -0.2) is 4.79 Å². The van der Waals surface area contributed by atoms with Gasteiger partial charge in [-0.15, -0.1) is 0 Å². The van der Waals surface area contributed by atoms with E-state index < -0.39 is 11.9 Å². The van der Waals surface area contributed by atoms with Crippen LogP contribution >= 0.6 is 0 Å². The van der Waals surface area contributed by atoms with Crippen LogP contribution in [0.15, 0.2) is 18.2 Å². The van der Waals surface area contributed by atoms with Crippen molar-refractivity contribution in [1.82, 2.24) is 0 Å². The van der Waals surface area contributed by atoms with Crippen molar-refractivity contribution in [3.8, 4) is 0 Å². The smallest absolute Gasteiger partial charge is 0.335 e. The third kappa shape index (κ3) is 2.61. The first-order valence-corrected chi connectivity index (χ1v) is 5.92. The fourth-order valence-electron chi connectivity index (χ4n) is 1.97. The van der Waals surface area contributed by atoms with E-state index in [4.69, 9.17) is 10.8 Å². The molecular formula is C13H16N2O3. The van der Waals surface area contributed by atoms with Gasteiger partial charge in [-0.2, -0.15) is 0 Å². The highest BCUT2D eigenvalue weighted by molar-refractivity contribution is 6.00. The Hall–Kier alpha value is -2.04. The van der Waals surface area contributed by atoms with Crippen LogP contribution in [0, 0.1) is 5.92 Å². The van der Waals surface area contributed by atoms with E-state index in [0.29, 0.717) is 17.2 Å². The molecule has 0 radical (unpaired) electrons. The van der Waals surface area contributed by atoms with Gasteiger partial charge in [-0.3, -0.25) is 4.79 Å². The molecule has 1 atom stereocenters. The highest BCUT2D eigenvalue weighted by atomic mass is 16.4. The summed E-state index contributed by atoms with van der Waals surface area (Å²) in [7, 11) is 0. The fraction of sp³-hybridized carbons (Fsp3) is 0.385. The third-order valence-electron chi connectivity index (χ3n) is 3.24. The number of primary amides is 1. The van der Waals surface area contributed by atoms with Gasteiger partial charge in [0.1, 0.15) is 0 Å². The monoisotopic (exact) mass is 248 g/mol. The minimum atomic E-state index is -1.02. The lowest BCUT2D eigenvalue weighted by Gasteiger charge is -2.17. The molecular weight excluding hydrogens is 232 g/mol.